The molecule has 0 aliphatic carbocycles. The molecule has 1 heterocycles. The maximum atomic E-state index is 12.5. The van der Waals surface area contributed by atoms with Crippen molar-refractivity contribution >= 4 is 34.8 Å². The first-order chi connectivity index (χ1) is 12.9. The second-order valence-electron chi connectivity index (χ2n) is 6.07. The zero-order valence-corrected chi connectivity index (χ0v) is 15.7. The third-order valence-corrected chi connectivity index (χ3v) is 4.38. The van der Waals surface area contributed by atoms with Crippen LogP contribution in [0.4, 0.5) is 11.4 Å². The van der Waals surface area contributed by atoms with E-state index >= 15 is 0 Å². The number of aryl methyl sites for hydroxylation is 1. The molecule has 0 fully saturated rings. The van der Waals surface area contributed by atoms with E-state index in [0.717, 1.165) is 16.8 Å². The summed E-state index contributed by atoms with van der Waals surface area (Å²) in [6.45, 7) is 3.91. The van der Waals surface area contributed by atoms with Crippen LogP contribution in [0.25, 0.3) is 0 Å². The van der Waals surface area contributed by atoms with Crippen LogP contribution in [0.3, 0.4) is 0 Å². The molecule has 27 heavy (non-hydrogen) atoms. The van der Waals surface area contributed by atoms with E-state index in [0.29, 0.717) is 10.7 Å². The lowest BCUT2D eigenvalue weighted by Crippen LogP contribution is -2.19. The Hall–Kier alpha value is -3.18. The van der Waals surface area contributed by atoms with Crippen molar-refractivity contribution in [3.8, 4) is 0 Å². The number of nitrogens with one attached hydrogen (secondary N) is 2. The van der Waals surface area contributed by atoms with Crippen molar-refractivity contribution in [1.82, 2.24) is 4.98 Å². The summed E-state index contributed by atoms with van der Waals surface area (Å²) >= 11 is 5.92. The Balaban J connectivity index is 1.77. The highest BCUT2D eigenvalue weighted by Gasteiger charge is 2.14. The molecule has 0 atom stereocenters. The monoisotopic (exact) mass is 379 g/mol. The number of amides is 2. The fourth-order valence-electron chi connectivity index (χ4n) is 2.52. The van der Waals surface area contributed by atoms with Crippen LogP contribution in [0.1, 0.15) is 32.1 Å². The second kappa shape index (κ2) is 8.01. The van der Waals surface area contributed by atoms with Crippen LogP contribution in [0, 0.1) is 13.8 Å². The number of carbonyl (C=O) groups is 2. The van der Waals surface area contributed by atoms with Gasteiger partial charge in [0, 0.05) is 16.4 Å². The van der Waals surface area contributed by atoms with E-state index in [1.165, 1.54) is 0 Å². The first kappa shape index (κ1) is 18.6. The molecule has 0 unspecified atom stereocenters. The van der Waals surface area contributed by atoms with Crippen LogP contribution in [-0.2, 0) is 0 Å². The Morgan fingerprint density at radius 1 is 0.852 bits per heavy atom. The molecular weight excluding hydrogens is 362 g/mol. The average molecular weight is 380 g/mol. The van der Waals surface area contributed by atoms with Crippen molar-refractivity contribution in [2.45, 2.75) is 13.8 Å². The van der Waals surface area contributed by atoms with E-state index in [1.54, 1.807) is 42.5 Å². The number of halogens is 1. The van der Waals surface area contributed by atoms with E-state index in [1.807, 2.05) is 32.0 Å². The van der Waals surface area contributed by atoms with Crippen LogP contribution in [0.15, 0.2) is 60.7 Å². The van der Waals surface area contributed by atoms with Gasteiger partial charge >= 0.3 is 0 Å². The summed E-state index contributed by atoms with van der Waals surface area (Å²) in [5.74, 6) is -0.792. The lowest BCUT2D eigenvalue weighted by atomic mass is 10.1. The normalized spacial score (nSPS) is 10.3. The lowest BCUT2D eigenvalue weighted by molar-refractivity contribution is 0.101. The molecule has 0 radical (unpaired) electrons. The number of rotatable bonds is 4. The van der Waals surface area contributed by atoms with Gasteiger partial charge in [0.15, 0.2) is 0 Å². The lowest BCUT2D eigenvalue weighted by Gasteiger charge is -2.10. The number of anilines is 2. The van der Waals surface area contributed by atoms with Crippen LogP contribution in [0.5, 0.6) is 0 Å². The number of benzene rings is 2. The van der Waals surface area contributed by atoms with Gasteiger partial charge in [0.1, 0.15) is 11.4 Å². The Morgan fingerprint density at radius 3 is 2.19 bits per heavy atom. The summed E-state index contributed by atoms with van der Waals surface area (Å²) in [6.07, 6.45) is 0. The highest BCUT2D eigenvalue weighted by atomic mass is 35.5. The maximum absolute atomic E-state index is 12.5. The summed E-state index contributed by atoms with van der Waals surface area (Å²) < 4.78 is 0. The van der Waals surface area contributed by atoms with Crippen LogP contribution in [0.2, 0.25) is 5.02 Å². The average Bonchev–Trinajstić information content (AvgIpc) is 2.65. The molecular formula is C21H18ClN3O2. The maximum Gasteiger partial charge on any atom is 0.274 e. The minimum absolute atomic E-state index is 0.142. The Kier molecular flexibility index (Phi) is 5.52. The first-order valence-corrected chi connectivity index (χ1v) is 8.73. The van der Waals surface area contributed by atoms with Crippen molar-refractivity contribution in [2.75, 3.05) is 10.6 Å². The molecule has 0 aliphatic rings. The summed E-state index contributed by atoms with van der Waals surface area (Å²) in [6, 6.07) is 17.2. The summed E-state index contributed by atoms with van der Waals surface area (Å²) in [7, 11) is 0. The number of aromatic nitrogens is 1. The predicted molar refractivity (Wildman–Crippen MR) is 108 cm³/mol. The number of hydrogen-bond acceptors (Lipinski definition) is 3. The van der Waals surface area contributed by atoms with Gasteiger partial charge in [-0.2, -0.15) is 0 Å². The van der Waals surface area contributed by atoms with Gasteiger partial charge in [-0.3, -0.25) is 9.59 Å². The molecule has 0 saturated heterocycles. The van der Waals surface area contributed by atoms with Crippen molar-refractivity contribution < 1.29 is 9.59 Å². The Morgan fingerprint density at radius 2 is 1.48 bits per heavy atom. The number of carbonyl (C=O) groups excluding carboxylic acids is 2. The minimum Gasteiger partial charge on any atom is -0.321 e. The van der Waals surface area contributed by atoms with Gasteiger partial charge in [-0.1, -0.05) is 35.9 Å². The Labute approximate surface area is 162 Å². The van der Waals surface area contributed by atoms with Gasteiger partial charge in [-0.05, 0) is 61.4 Å². The summed E-state index contributed by atoms with van der Waals surface area (Å²) in [5.41, 5.74) is 3.64. The van der Waals surface area contributed by atoms with Gasteiger partial charge in [-0.25, -0.2) is 4.98 Å². The van der Waals surface area contributed by atoms with E-state index in [9.17, 15) is 9.59 Å². The molecule has 136 valence electrons. The summed E-state index contributed by atoms with van der Waals surface area (Å²) in [5, 5.41) is 6.07. The molecule has 2 amide bonds. The molecule has 1 aromatic heterocycles. The van der Waals surface area contributed by atoms with Crippen LogP contribution < -0.4 is 10.6 Å². The van der Waals surface area contributed by atoms with Crippen molar-refractivity contribution in [3.05, 3.63) is 88.2 Å². The van der Waals surface area contributed by atoms with Crippen molar-refractivity contribution in [1.29, 1.82) is 0 Å². The van der Waals surface area contributed by atoms with Crippen LogP contribution in [-0.4, -0.2) is 16.8 Å². The number of pyridine rings is 1. The fraction of sp³-hybridized carbons (Fsp3) is 0.0952. The zero-order chi connectivity index (χ0) is 19.4. The SMILES string of the molecule is Cc1cccc(NC(=O)c2cccc(C(=O)Nc3cccc(Cl)c3)n2)c1C. The van der Waals surface area contributed by atoms with Gasteiger partial charge in [-0.15, -0.1) is 0 Å². The molecule has 6 heteroatoms. The second-order valence-corrected chi connectivity index (χ2v) is 6.51. The topological polar surface area (TPSA) is 71.1 Å². The molecule has 5 nitrogen and oxygen atoms in total. The molecule has 3 aromatic rings. The number of hydrogen-bond donors (Lipinski definition) is 2. The van der Waals surface area contributed by atoms with Gasteiger partial charge in [0.25, 0.3) is 11.8 Å². The van der Waals surface area contributed by atoms with Crippen LogP contribution >= 0.6 is 11.6 Å². The van der Waals surface area contributed by atoms with E-state index in [2.05, 4.69) is 15.6 Å². The largest absolute Gasteiger partial charge is 0.321 e. The quantitative estimate of drug-likeness (QED) is 0.680. The molecule has 0 saturated carbocycles. The molecule has 3 rings (SSSR count). The first-order valence-electron chi connectivity index (χ1n) is 8.35. The smallest absolute Gasteiger partial charge is 0.274 e. The highest BCUT2D eigenvalue weighted by molar-refractivity contribution is 6.31. The van der Waals surface area contributed by atoms with Crippen molar-refractivity contribution in [2.24, 2.45) is 0 Å². The predicted octanol–water partition coefficient (Wildman–Crippen LogP) is 4.86. The Bertz CT molecular complexity index is 1020. The standard InChI is InChI=1S/C21H18ClN3O2/c1-13-6-3-9-17(14(13)2)25-21(27)19-11-5-10-18(24-19)20(26)23-16-8-4-7-15(22)12-16/h3-12H,1-2H3,(H,23,26)(H,25,27). The zero-order valence-electron chi connectivity index (χ0n) is 14.9. The molecule has 0 bridgehead atoms. The third-order valence-electron chi connectivity index (χ3n) is 4.15. The number of nitrogens with zero attached hydrogens (tertiary/aromatic N) is 1. The minimum atomic E-state index is -0.418. The van der Waals surface area contributed by atoms with E-state index in [4.69, 9.17) is 11.6 Å². The fourth-order valence-corrected chi connectivity index (χ4v) is 2.71. The molecule has 2 aromatic carbocycles. The van der Waals surface area contributed by atoms with E-state index < -0.39 is 5.91 Å². The van der Waals surface area contributed by atoms with Gasteiger partial charge < -0.3 is 10.6 Å². The van der Waals surface area contributed by atoms with Gasteiger partial charge in [0.05, 0.1) is 0 Å². The van der Waals surface area contributed by atoms with E-state index in [-0.39, 0.29) is 17.3 Å². The van der Waals surface area contributed by atoms with Gasteiger partial charge in [0.2, 0.25) is 0 Å². The summed E-state index contributed by atoms with van der Waals surface area (Å²) in [4.78, 5) is 29.1. The molecule has 2 N–H and O–H groups in total. The highest BCUT2D eigenvalue weighted by Crippen LogP contribution is 2.19. The van der Waals surface area contributed by atoms with Crippen molar-refractivity contribution in [3.63, 3.8) is 0 Å². The third kappa shape index (κ3) is 4.51. The molecule has 0 spiro atoms. The molecule has 0 aliphatic heterocycles.